The first-order chi connectivity index (χ1) is 14.0. The van der Waals surface area contributed by atoms with E-state index in [0.717, 1.165) is 41.7 Å². The summed E-state index contributed by atoms with van der Waals surface area (Å²) >= 11 is 0. The van der Waals surface area contributed by atoms with Crippen molar-refractivity contribution in [3.8, 4) is 5.75 Å². The highest BCUT2D eigenvalue weighted by Crippen LogP contribution is 2.39. The van der Waals surface area contributed by atoms with Crippen molar-refractivity contribution in [1.29, 1.82) is 0 Å². The summed E-state index contributed by atoms with van der Waals surface area (Å²) < 4.78 is 45.9. The number of nitrogens with zero attached hydrogens (tertiary/aromatic N) is 2. The second-order valence-electron chi connectivity index (χ2n) is 6.84. The molecule has 0 saturated heterocycles. The van der Waals surface area contributed by atoms with E-state index < -0.39 is 15.8 Å². The third-order valence-electron chi connectivity index (χ3n) is 4.69. The van der Waals surface area contributed by atoms with Crippen LogP contribution in [-0.4, -0.2) is 38.6 Å². The molecule has 0 bridgehead atoms. The van der Waals surface area contributed by atoms with Crippen LogP contribution in [0.3, 0.4) is 0 Å². The van der Waals surface area contributed by atoms with Crippen LogP contribution in [0.15, 0.2) is 47.4 Å². The first-order valence-corrected chi connectivity index (χ1v) is 10.8. The number of rotatable bonds is 8. The Morgan fingerprint density at radius 3 is 2.69 bits per heavy atom. The van der Waals surface area contributed by atoms with Crippen molar-refractivity contribution in [2.24, 2.45) is 0 Å². The highest BCUT2D eigenvalue weighted by atomic mass is 32.2. The molecule has 7 nitrogen and oxygen atoms in total. The first kappa shape index (κ1) is 19.5. The Kier molecular flexibility index (Phi) is 5.33. The maximum atomic E-state index is 13.3. The van der Waals surface area contributed by atoms with Crippen molar-refractivity contribution < 1.29 is 17.5 Å². The van der Waals surface area contributed by atoms with E-state index >= 15 is 0 Å². The molecule has 152 valence electrons. The summed E-state index contributed by atoms with van der Waals surface area (Å²) in [5.41, 5.74) is 0.864. The third kappa shape index (κ3) is 4.30. The molecule has 1 heterocycles. The van der Waals surface area contributed by atoms with Gasteiger partial charge in [-0.3, -0.25) is 0 Å². The van der Waals surface area contributed by atoms with Crippen LogP contribution in [0, 0.1) is 5.82 Å². The largest absolute Gasteiger partial charge is 0.495 e. The van der Waals surface area contributed by atoms with Crippen molar-refractivity contribution in [3.63, 3.8) is 0 Å². The van der Waals surface area contributed by atoms with Gasteiger partial charge in [0.2, 0.25) is 10.0 Å². The molecule has 2 aromatic carbocycles. The smallest absolute Gasteiger partial charge is 0.244 e. The average Bonchev–Trinajstić information content (AvgIpc) is 3.56. The second-order valence-corrected chi connectivity index (χ2v) is 8.58. The van der Waals surface area contributed by atoms with Gasteiger partial charge in [0.05, 0.1) is 12.6 Å². The van der Waals surface area contributed by atoms with Gasteiger partial charge in [-0.25, -0.2) is 27.5 Å². The first-order valence-electron chi connectivity index (χ1n) is 9.32. The van der Waals surface area contributed by atoms with Gasteiger partial charge >= 0.3 is 0 Å². The number of benzene rings is 2. The number of methoxy groups -OCH3 is 1. The number of sulfonamides is 1. The van der Waals surface area contributed by atoms with Gasteiger partial charge in [0, 0.05) is 30.5 Å². The number of aromatic nitrogens is 2. The molecular formula is C20H21FN4O3S. The van der Waals surface area contributed by atoms with Crippen molar-refractivity contribution in [3.05, 3.63) is 54.1 Å². The Balaban J connectivity index is 1.46. The van der Waals surface area contributed by atoms with Crippen LogP contribution in [0.4, 0.5) is 10.2 Å². The Labute approximate surface area is 168 Å². The van der Waals surface area contributed by atoms with Crippen LogP contribution in [0.5, 0.6) is 5.75 Å². The fraction of sp³-hybridized carbons (Fsp3) is 0.300. The molecule has 0 amide bonds. The minimum atomic E-state index is -3.84. The van der Waals surface area contributed by atoms with Gasteiger partial charge in [-0.2, -0.15) is 0 Å². The summed E-state index contributed by atoms with van der Waals surface area (Å²) in [6, 6.07) is 11.0. The Bertz CT molecular complexity index is 1150. The van der Waals surface area contributed by atoms with E-state index in [4.69, 9.17) is 4.74 Å². The third-order valence-corrected chi connectivity index (χ3v) is 6.19. The number of anilines is 1. The molecule has 29 heavy (non-hydrogen) atoms. The number of para-hydroxylation sites is 1. The van der Waals surface area contributed by atoms with Gasteiger partial charge in [0.1, 0.15) is 28.1 Å². The number of hydrogen-bond donors (Lipinski definition) is 2. The van der Waals surface area contributed by atoms with Gasteiger partial charge in [-0.05, 0) is 37.1 Å². The molecule has 3 aromatic rings. The lowest BCUT2D eigenvalue weighted by Crippen LogP contribution is -2.29. The Morgan fingerprint density at radius 1 is 1.14 bits per heavy atom. The Morgan fingerprint density at radius 2 is 1.93 bits per heavy atom. The summed E-state index contributed by atoms with van der Waals surface area (Å²) in [4.78, 5) is 9.15. The lowest BCUT2D eigenvalue weighted by molar-refractivity contribution is 0.398. The van der Waals surface area contributed by atoms with Gasteiger partial charge in [-0.1, -0.05) is 12.1 Å². The molecule has 1 fully saturated rings. The Hall–Kier alpha value is -2.78. The van der Waals surface area contributed by atoms with Gasteiger partial charge in [0.15, 0.2) is 0 Å². The van der Waals surface area contributed by atoms with E-state index in [1.807, 2.05) is 24.3 Å². The molecule has 1 aliphatic carbocycles. The van der Waals surface area contributed by atoms with Crippen molar-refractivity contribution in [2.45, 2.75) is 23.7 Å². The van der Waals surface area contributed by atoms with Gasteiger partial charge < -0.3 is 10.1 Å². The van der Waals surface area contributed by atoms with Gasteiger partial charge in [-0.15, -0.1) is 0 Å². The fourth-order valence-electron chi connectivity index (χ4n) is 3.06. The van der Waals surface area contributed by atoms with Crippen molar-refractivity contribution in [2.75, 3.05) is 25.5 Å². The van der Waals surface area contributed by atoms with Crippen LogP contribution in [0.25, 0.3) is 10.9 Å². The molecule has 0 spiro atoms. The molecule has 1 saturated carbocycles. The zero-order chi connectivity index (χ0) is 20.4. The summed E-state index contributed by atoms with van der Waals surface area (Å²) in [5, 5.41) is 4.09. The predicted octanol–water partition coefficient (Wildman–Crippen LogP) is 3.05. The minimum Gasteiger partial charge on any atom is -0.495 e. The molecule has 1 aromatic heterocycles. The van der Waals surface area contributed by atoms with E-state index in [1.165, 1.54) is 13.2 Å². The topological polar surface area (TPSA) is 93.2 Å². The predicted molar refractivity (Wildman–Crippen MR) is 108 cm³/mol. The van der Waals surface area contributed by atoms with Crippen LogP contribution in [0.1, 0.15) is 24.6 Å². The lowest BCUT2D eigenvalue weighted by atomic mass is 10.2. The molecule has 4 rings (SSSR count). The van der Waals surface area contributed by atoms with Crippen LogP contribution < -0.4 is 14.8 Å². The van der Waals surface area contributed by atoms with E-state index in [-0.39, 0.29) is 17.2 Å². The minimum absolute atomic E-state index is 0.0404. The highest BCUT2D eigenvalue weighted by molar-refractivity contribution is 7.89. The zero-order valence-corrected chi connectivity index (χ0v) is 16.7. The lowest BCUT2D eigenvalue weighted by Gasteiger charge is -2.13. The molecular weight excluding hydrogens is 395 g/mol. The molecule has 2 N–H and O–H groups in total. The number of ether oxygens (including phenoxy) is 1. The van der Waals surface area contributed by atoms with E-state index in [9.17, 15) is 12.8 Å². The molecule has 0 atom stereocenters. The molecule has 9 heteroatoms. The van der Waals surface area contributed by atoms with Crippen LogP contribution >= 0.6 is 0 Å². The number of fused-ring (bicyclic) bond motifs is 1. The monoisotopic (exact) mass is 416 g/mol. The maximum absolute atomic E-state index is 13.3. The van der Waals surface area contributed by atoms with E-state index in [2.05, 4.69) is 20.0 Å². The fourth-order valence-corrected chi connectivity index (χ4v) is 4.24. The average molecular weight is 416 g/mol. The zero-order valence-electron chi connectivity index (χ0n) is 15.9. The molecule has 1 aliphatic rings. The summed E-state index contributed by atoms with van der Waals surface area (Å²) in [6.07, 6.45) is 2.19. The van der Waals surface area contributed by atoms with Crippen LogP contribution in [0.2, 0.25) is 0 Å². The van der Waals surface area contributed by atoms with Crippen LogP contribution in [-0.2, 0) is 10.0 Å². The SMILES string of the molecule is COc1cc(F)ccc1S(=O)(=O)NCCNc1nc(C2CC2)nc2ccccc12. The highest BCUT2D eigenvalue weighted by Gasteiger charge is 2.27. The summed E-state index contributed by atoms with van der Waals surface area (Å²) in [5.74, 6) is 1.31. The number of nitrogens with one attached hydrogen (secondary N) is 2. The summed E-state index contributed by atoms with van der Waals surface area (Å²) in [7, 11) is -2.54. The normalized spacial score (nSPS) is 14.1. The molecule has 0 unspecified atom stereocenters. The quantitative estimate of drug-likeness (QED) is 0.548. The number of halogens is 1. The maximum Gasteiger partial charge on any atom is 0.244 e. The summed E-state index contributed by atoms with van der Waals surface area (Å²) in [6.45, 7) is 0.452. The molecule has 0 aliphatic heterocycles. The molecule has 0 radical (unpaired) electrons. The van der Waals surface area contributed by atoms with Gasteiger partial charge in [0.25, 0.3) is 0 Å². The standard InChI is InChI=1S/C20H21FN4O3S/c1-28-17-12-14(21)8-9-18(17)29(26,27)23-11-10-22-20-15-4-2-3-5-16(15)24-19(25-20)13-6-7-13/h2-5,8-9,12-13,23H,6-7,10-11H2,1H3,(H,22,24,25). The van der Waals surface area contributed by atoms with E-state index in [0.29, 0.717) is 18.3 Å². The van der Waals surface area contributed by atoms with E-state index in [1.54, 1.807) is 0 Å². The number of hydrogen-bond acceptors (Lipinski definition) is 6. The van der Waals surface area contributed by atoms with Crippen molar-refractivity contribution in [1.82, 2.24) is 14.7 Å². The second kappa shape index (κ2) is 7.92. The van der Waals surface area contributed by atoms with Crippen molar-refractivity contribution >= 4 is 26.7 Å².